The monoisotopic (exact) mass is 266 g/mol. The van der Waals surface area contributed by atoms with E-state index >= 15 is 0 Å². The van der Waals surface area contributed by atoms with Crippen molar-refractivity contribution in [2.75, 3.05) is 0 Å². The summed E-state index contributed by atoms with van der Waals surface area (Å²) in [5.41, 5.74) is 2.61. The molecule has 86 valence electrons. The molecule has 0 N–H and O–H groups in total. The molecule has 0 spiro atoms. The van der Waals surface area contributed by atoms with Crippen LogP contribution in [0.15, 0.2) is 59.3 Å². The van der Waals surface area contributed by atoms with Gasteiger partial charge in [-0.3, -0.25) is 0 Å². The van der Waals surface area contributed by atoms with Crippen molar-refractivity contribution < 1.29 is 0 Å². The highest BCUT2D eigenvalue weighted by atomic mass is 32.1. The summed E-state index contributed by atoms with van der Waals surface area (Å²) >= 11 is 3.60. The lowest BCUT2D eigenvalue weighted by atomic mass is 10.0. The summed E-state index contributed by atoms with van der Waals surface area (Å²) in [6.45, 7) is 0. The van der Waals surface area contributed by atoms with Gasteiger partial charge in [-0.2, -0.15) is 0 Å². The van der Waals surface area contributed by atoms with E-state index < -0.39 is 0 Å². The van der Waals surface area contributed by atoms with Crippen LogP contribution in [-0.2, 0) is 0 Å². The van der Waals surface area contributed by atoms with Crippen molar-refractivity contribution in [1.29, 1.82) is 0 Å². The first-order valence-corrected chi connectivity index (χ1v) is 7.61. The Morgan fingerprint density at radius 2 is 1.28 bits per heavy atom. The van der Waals surface area contributed by atoms with Crippen LogP contribution in [-0.4, -0.2) is 0 Å². The van der Waals surface area contributed by atoms with Gasteiger partial charge in [-0.05, 0) is 63.0 Å². The molecule has 0 nitrogen and oxygen atoms in total. The second kappa shape index (κ2) is 3.94. The van der Waals surface area contributed by atoms with Crippen LogP contribution in [0.5, 0.6) is 0 Å². The first-order chi connectivity index (χ1) is 8.90. The summed E-state index contributed by atoms with van der Waals surface area (Å²) in [5, 5.41) is 6.97. The van der Waals surface area contributed by atoms with Gasteiger partial charge in [-0.25, -0.2) is 0 Å². The van der Waals surface area contributed by atoms with Gasteiger partial charge in [0.15, 0.2) is 0 Å². The van der Waals surface area contributed by atoms with Crippen LogP contribution in [0.3, 0.4) is 0 Å². The molecule has 0 aliphatic carbocycles. The molecule has 2 heterocycles. The van der Waals surface area contributed by atoms with Gasteiger partial charge in [0.25, 0.3) is 0 Å². The molecule has 4 aromatic rings. The SMILES string of the molecule is c1cc2cc(-c3ccc4ccsc4c3)ccc2s1. The molecule has 2 aromatic carbocycles. The maximum Gasteiger partial charge on any atom is 0.0348 e. The highest BCUT2D eigenvalue weighted by molar-refractivity contribution is 7.17. The fraction of sp³-hybridized carbons (Fsp3) is 0. The molecule has 0 atom stereocenters. The van der Waals surface area contributed by atoms with Gasteiger partial charge in [-0.1, -0.05) is 18.2 Å². The Hall–Kier alpha value is -1.64. The number of hydrogen-bond acceptors (Lipinski definition) is 2. The van der Waals surface area contributed by atoms with E-state index in [-0.39, 0.29) is 0 Å². The van der Waals surface area contributed by atoms with E-state index in [0.717, 1.165) is 0 Å². The molecule has 4 rings (SSSR count). The normalized spacial score (nSPS) is 11.3. The highest BCUT2D eigenvalue weighted by Gasteiger charge is 2.02. The van der Waals surface area contributed by atoms with E-state index in [9.17, 15) is 0 Å². The molecule has 0 amide bonds. The number of thiophene rings is 2. The lowest BCUT2D eigenvalue weighted by Gasteiger charge is -2.02. The van der Waals surface area contributed by atoms with Crippen LogP contribution in [0.25, 0.3) is 31.3 Å². The van der Waals surface area contributed by atoms with Crippen molar-refractivity contribution in [3.63, 3.8) is 0 Å². The third-order valence-electron chi connectivity index (χ3n) is 3.24. The molecule has 0 fully saturated rings. The molecule has 0 unspecified atom stereocenters. The van der Waals surface area contributed by atoms with Gasteiger partial charge < -0.3 is 0 Å². The molecule has 0 saturated carbocycles. The van der Waals surface area contributed by atoms with Gasteiger partial charge in [0, 0.05) is 9.40 Å². The van der Waals surface area contributed by atoms with Crippen LogP contribution in [0.1, 0.15) is 0 Å². The van der Waals surface area contributed by atoms with Crippen LogP contribution < -0.4 is 0 Å². The summed E-state index contributed by atoms with van der Waals surface area (Å²) in [6.07, 6.45) is 0. The molecule has 2 heteroatoms. The van der Waals surface area contributed by atoms with E-state index in [4.69, 9.17) is 0 Å². The first-order valence-electron chi connectivity index (χ1n) is 5.85. The molecule has 0 bridgehead atoms. The molecular formula is C16H10S2. The predicted molar refractivity (Wildman–Crippen MR) is 82.6 cm³/mol. The van der Waals surface area contributed by atoms with Gasteiger partial charge in [-0.15, -0.1) is 22.7 Å². The van der Waals surface area contributed by atoms with E-state index in [1.807, 2.05) is 0 Å². The largest absolute Gasteiger partial charge is 0.144 e. The highest BCUT2D eigenvalue weighted by Crippen LogP contribution is 2.30. The Balaban J connectivity index is 1.93. The molecule has 0 radical (unpaired) electrons. The van der Waals surface area contributed by atoms with Crippen LogP contribution in [0.2, 0.25) is 0 Å². The van der Waals surface area contributed by atoms with Crippen LogP contribution in [0, 0.1) is 0 Å². The van der Waals surface area contributed by atoms with Crippen molar-refractivity contribution in [3.05, 3.63) is 59.3 Å². The Morgan fingerprint density at radius 1 is 0.556 bits per heavy atom. The van der Waals surface area contributed by atoms with Gasteiger partial charge >= 0.3 is 0 Å². The molecule has 18 heavy (non-hydrogen) atoms. The number of benzene rings is 2. The molecule has 0 aliphatic heterocycles. The van der Waals surface area contributed by atoms with Crippen molar-refractivity contribution in [2.45, 2.75) is 0 Å². The van der Waals surface area contributed by atoms with Gasteiger partial charge in [0.1, 0.15) is 0 Å². The Kier molecular flexibility index (Phi) is 2.25. The third kappa shape index (κ3) is 1.57. The summed E-state index contributed by atoms with van der Waals surface area (Å²) in [6, 6.07) is 17.8. The van der Waals surface area contributed by atoms with E-state index in [1.54, 1.807) is 22.7 Å². The zero-order valence-corrected chi connectivity index (χ0v) is 11.2. The Bertz CT molecular complexity index is 764. The van der Waals surface area contributed by atoms with E-state index in [0.29, 0.717) is 0 Å². The lowest BCUT2D eigenvalue weighted by molar-refractivity contribution is 1.72. The predicted octanol–water partition coefficient (Wildman–Crippen LogP) is 5.78. The maximum absolute atomic E-state index is 2.29. The minimum atomic E-state index is 1.30. The fourth-order valence-electron chi connectivity index (χ4n) is 2.28. The van der Waals surface area contributed by atoms with Gasteiger partial charge in [0.2, 0.25) is 0 Å². The molecule has 0 saturated heterocycles. The van der Waals surface area contributed by atoms with Crippen molar-refractivity contribution >= 4 is 42.8 Å². The number of hydrogen-bond donors (Lipinski definition) is 0. The zero-order chi connectivity index (χ0) is 11.9. The number of rotatable bonds is 1. The summed E-state index contributed by atoms with van der Waals surface area (Å²) in [5.74, 6) is 0. The quantitative estimate of drug-likeness (QED) is 0.409. The summed E-state index contributed by atoms with van der Waals surface area (Å²) < 4.78 is 2.72. The number of fused-ring (bicyclic) bond motifs is 2. The maximum atomic E-state index is 2.29. The first kappa shape index (κ1) is 10.3. The third-order valence-corrected chi connectivity index (χ3v) is 5.02. The minimum Gasteiger partial charge on any atom is -0.144 e. The van der Waals surface area contributed by atoms with Gasteiger partial charge in [0.05, 0.1) is 0 Å². The molecule has 0 aliphatic rings. The van der Waals surface area contributed by atoms with Crippen LogP contribution in [0.4, 0.5) is 0 Å². The minimum absolute atomic E-state index is 1.30. The molecule has 2 aromatic heterocycles. The smallest absolute Gasteiger partial charge is 0.0348 e. The van der Waals surface area contributed by atoms with Crippen molar-refractivity contribution in [3.8, 4) is 11.1 Å². The standard InChI is InChI=1S/C16H10S2/c1-2-13(10-16-11(1)5-7-18-16)12-3-4-15-14(9-12)6-8-17-15/h1-10H. The topological polar surface area (TPSA) is 0 Å². The average Bonchev–Trinajstić information content (AvgIpc) is 3.05. The lowest BCUT2D eigenvalue weighted by Crippen LogP contribution is -1.76. The molecular weight excluding hydrogens is 256 g/mol. The second-order valence-electron chi connectivity index (χ2n) is 4.35. The van der Waals surface area contributed by atoms with Crippen molar-refractivity contribution in [1.82, 2.24) is 0 Å². The summed E-state index contributed by atoms with van der Waals surface area (Å²) in [4.78, 5) is 0. The van der Waals surface area contributed by atoms with E-state index in [1.165, 1.54) is 31.3 Å². The average molecular weight is 266 g/mol. The summed E-state index contributed by atoms with van der Waals surface area (Å²) in [7, 11) is 0. The Morgan fingerprint density at radius 3 is 2.22 bits per heavy atom. The second-order valence-corrected chi connectivity index (χ2v) is 6.24. The zero-order valence-electron chi connectivity index (χ0n) is 9.59. The van der Waals surface area contributed by atoms with Crippen LogP contribution >= 0.6 is 22.7 Å². The fourth-order valence-corrected chi connectivity index (χ4v) is 3.88. The van der Waals surface area contributed by atoms with E-state index in [2.05, 4.69) is 59.3 Å². The van der Waals surface area contributed by atoms with Crippen molar-refractivity contribution in [2.24, 2.45) is 0 Å². The Labute approximate surface area is 113 Å².